The van der Waals surface area contributed by atoms with Gasteiger partial charge in [0.1, 0.15) is 5.75 Å². The summed E-state index contributed by atoms with van der Waals surface area (Å²) in [7, 11) is 1.90. The maximum atomic E-state index is 12.8. The first kappa shape index (κ1) is 20.3. The van der Waals surface area contributed by atoms with Gasteiger partial charge in [0, 0.05) is 13.6 Å². The van der Waals surface area contributed by atoms with Crippen molar-refractivity contribution in [1.29, 1.82) is 0 Å². The number of likely N-dealkylation sites (tertiary alicyclic amines) is 1. The Kier molecular flexibility index (Phi) is 7.49. The van der Waals surface area contributed by atoms with E-state index < -0.39 is 0 Å². The summed E-state index contributed by atoms with van der Waals surface area (Å²) < 4.78 is 0. The van der Waals surface area contributed by atoms with E-state index in [1.807, 2.05) is 30.1 Å². The molecule has 1 saturated heterocycles. The highest BCUT2D eigenvalue weighted by atomic mass is 35.5. The van der Waals surface area contributed by atoms with E-state index in [9.17, 15) is 9.90 Å². The summed E-state index contributed by atoms with van der Waals surface area (Å²) in [5.41, 5.74) is 2.10. The molecular formula is C21H27ClN2O2. The van der Waals surface area contributed by atoms with Crippen LogP contribution in [0.4, 0.5) is 0 Å². The molecular weight excluding hydrogens is 348 g/mol. The topological polar surface area (TPSA) is 43.8 Å². The highest BCUT2D eigenvalue weighted by molar-refractivity contribution is 5.85. The van der Waals surface area contributed by atoms with Crippen LogP contribution in [0.3, 0.4) is 0 Å². The van der Waals surface area contributed by atoms with E-state index in [4.69, 9.17) is 0 Å². The normalized spacial score (nSPS) is 15.3. The van der Waals surface area contributed by atoms with Crippen molar-refractivity contribution < 1.29 is 9.90 Å². The predicted octanol–water partition coefficient (Wildman–Crippen LogP) is 3.65. The van der Waals surface area contributed by atoms with E-state index in [-0.39, 0.29) is 30.1 Å². The van der Waals surface area contributed by atoms with Crippen LogP contribution in [0.15, 0.2) is 54.6 Å². The third-order valence-corrected chi connectivity index (χ3v) is 4.97. The number of phenolic OH excluding ortho intramolecular Hbond substituents is 1. The minimum absolute atomic E-state index is 0. The zero-order chi connectivity index (χ0) is 17.6. The lowest BCUT2D eigenvalue weighted by molar-refractivity contribution is -0.131. The lowest BCUT2D eigenvalue weighted by Gasteiger charge is -2.32. The van der Waals surface area contributed by atoms with Gasteiger partial charge in [-0.25, -0.2) is 0 Å². The molecule has 4 nitrogen and oxygen atoms in total. The second-order valence-corrected chi connectivity index (χ2v) is 6.78. The van der Waals surface area contributed by atoms with Gasteiger partial charge in [0.25, 0.3) is 0 Å². The molecule has 2 aromatic rings. The van der Waals surface area contributed by atoms with Gasteiger partial charge in [-0.2, -0.15) is 0 Å². The maximum absolute atomic E-state index is 12.8. The third-order valence-electron chi connectivity index (χ3n) is 4.97. The Morgan fingerprint density at radius 3 is 2.31 bits per heavy atom. The van der Waals surface area contributed by atoms with Crippen LogP contribution in [0.25, 0.3) is 0 Å². The van der Waals surface area contributed by atoms with Crippen LogP contribution in [-0.2, 0) is 11.2 Å². The van der Waals surface area contributed by atoms with Gasteiger partial charge in [0.05, 0.1) is 12.5 Å². The van der Waals surface area contributed by atoms with Crippen molar-refractivity contribution >= 4 is 18.3 Å². The van der Waals surface area contributed by atoms with Crippen LogP contribution < -0.4 is 0 Å². The van der Waals surface area contributed by atoms with E-state index in [0.717, 1.165) is 25.2 Å². The van der Waals surface area contributed by atoms with Crippen molar-refractivity contribution in [2.75, 3.05) is 26.7 Å². The smallest absolute Gasteiger partial charge is 0.227 e. The van der Waals surface area contributed by atoms with E-state index in [1.165, 1.54) is 18.4 Å². The molecule has 26 heavy (non-hydrogen) atoms. The van der Waals surface area contributed by atoms with Crippen LogP contribution in [0.1, 0.15) is 30.0 Å². The number of benzene rings is 2. The standard InChI is InChI=1S/C21H26N2O2.ClH/c1-22(21(25)15-17-9-11-19(24)12-10-17)20(16-23-13-5-6-14-23)18-7-3-2-4-8-18;/h2-4,7-12,20,24H,5-6,13-16H2,1H3;1H/t20-;/m1./s1. The Balaban J connectivity index is 0.00000243. The fourth-order valence-corrected chi connectivity index (χ4v) is 3.42. The molecule has 0 saturated carbocycles. The highest BCUT2D eigenvalue weighted by Crippen LogP contribution is 2.24. The fraction of sp³-hybridized carbons (Fsp3) is 0.381. The highest BCUT2D eigenvalue weighted by Gasteiger charge is 2.25. The van der Waals surface area contributed by atoms with Crippen molar-refractivity contribution in [2.45, 2.75) is 25.3 Å². The summed E-state index contributed by atoms with van der Waals surface area (Å²) >= 11 is 0. The Hall–Kier alpha value is -2.04. The quantitative estimate of drug-likeness (QED) is 0.839. The first-order valence-electron chi connectivity index (χ1n) is 8.94. The van der Waals surface area contributed by atoms with E-state index >= 15 is 0 Å². The molecule has 1 heterocycles. The SMILES string of the molecule is CN(C(=O)Cc1ccc(O)cc1)[C@H](CN1CCCC1)c1ccccc1.Cl. The molecule has 1 aliphatic heterocycles. The first-order chi connectivity index (χ1) is 12.1. The number of hydrogen-bond acceptors (Lipinski definition) is 3. The Morgan fingerprint density at radius 2 is 1.69 bits per heavy atom. The zero-order valence-corrected chi connectivity index (χ0v) is 16.0. The summed E-state index contributed by atoms with van der Waals surface area (Å²) in [6, 6.07) is 17.2. The Bertz CT molecular complexity index is 685. The molecule has 1 aliphatic rings. The number of carbonyl (C=O) groups is 1. The van der Waals surface area contributed by atoms with Gasteiger partial charge < -0.3 is 14.9 Å². The number of hydrogen-bond donors (Lipinski definition) is 1. The second-order valence-electron chi connectivity index (χ2n) is 6.78. The molecule has 0 bridgehead atoms. The minimum Gasteiger partial charge on any atom is -0.508 e. The number of likely N-dealkylation sites (N-methyl/N-ethyl adjacent to an activating group) is 1. The summed E-state index contributed by atoms with van der Waals surface area (Å²) in [5.74, 6) is 0.319. The number of nitrogens with zero attached hydrogens (tertiary/aromatic N) is 2. The first-order valence-corrected chi connectivity index (χ1v) is 8.94. The monoisotopic (exact) mass is 374 g/mol. The zero-order valence-electron chi connectivity index (χ0n) is 15.2. The largest absolute Gasteiger partial charge is 0.508 e. The predicted molar refractivity (Wildman–Crippen MR) is 107 cm³/mol. The van der Waals surface area contributed by atoms with Crippen molar-refractivity contribution in [2.24, 2.45) is 0 Å². The molecule has 5 heteroatoms. The van der Waals surface area contributed by atoms with Crippen LogP contribution in [0.2, 0.25) is 0 Å². The van der Waals surface area contributed by atoms with Crippen LogP contribution in [0, 0.1) is 0 Å². The minimum atomic E-state index is 0. The molecule has 2 aromatic carbocycles. The summed E-state index contributed by atoms with van der Waals surface area (Å²) in [6.07, 6.45) is 2.83. The van der Waals surface area contributed by atoms with Crippen LogP contribution in [-0.4, -0.2) is 47.5 Å². The van der Waals surface area contributed by atoms with Gasteiger partial charge in [0.15, 0.2) is 0 Å². The molecule has 1 atom stereocenters. The number of aromatic hydroxyl groups is 1. The number of carbonyl (C=O) groups excluding carboxylic acids is 1. The fourth-order valence-electron chi connectivity index (χ4n) is 3.42. The van der Waals surface area contributed by atoms with E-state index in [2.05, 4.69) is 17.0 Å². The average Bonchev–Trinajstić information content (AvgIpc) is 3.15. The maximum Gasteiger partial charge on any atom is 0.227 e. The van der Waals surface area contributed by atoms with Crippen molar-refractivity contribution in [1.82, 2.24) is 9.80 Å². The van der Waals surface area contributed by atoms with Crippen LogP contribution >= 0.6 is 12.4 Å². The van der Waals surface area contributed by atoms with Gasteiger partial charge in [-0.3, -0.25) is 4.79 Å². The number of rotatable bonds is 6. The van der Waals surface area contributed by atoms with Gasteiger partial charge in [-0.15, -0.1) is 12.4 Å². The van der Waals surface area contributed by atoms with Crippen molar-refractivity contribution in [3.05, 3.63) is 65.7 Å². The molecule has 0 spiro atoms. The summed E-state index contributed by atoms with van der Waals surface area (Å²) in [4.78, 5) is 17.2. The third kappa shape index (κ3) is 5.23. The molecule has 0 radical (unpaired) electrons. The van der Waals surface area contributed by atoms with Crippen molar-refractivity contribution in [3.63, 3.8) is 0 Å². The lowest BCUT2D eigenvalue weighted by atomic mass is 10.0. The molecule has 1 fully saturated rings. The van der Waals surface area contributed by atoms with Gasteiger partial charge in [-0.05, 0) is 49.2 Å². The molecule has 140 valence electrons. The molecule has 3 rings (SSSR count). The number of phenols is 1. The summed E-state index contributed by atoms with van der Waals surface area (Å²) in [6.45, 7) is 3.11. The van der Waals surface area contributed by atoms with Crippen molar-refractivity contribution in [3.8, 4) is 5.75 Å². The molecule has 1 N–H and O–H groups in total. The molecule has 0 aromatic heterocycles. The number of halogens is 1. The van der Waals surface area contributed by atoms with Gasteiger partial charge in [-0.1, -0.05) is 42.5 Å². The number of amides is 1. The Morgan fingerprint density at radius 1 is 1.08 bits per heavy atom. The molecule has 0 unspecified atom stereocenters. The lowest BCUT2D eigenvalue weighted by Crippen LogP contribution is -2.39. The van der Waals surface area contributed by atoms with E-state index in [0.29, 0.717) is 6.42 Å². The van der Waals surface area contributed by atoms with Gasteiger partial charge >= 0.3 is 0 Å². The second kappa shape index (κ2) is 9.60. The average molecular weight is 375 g/mol. The Labute approximate surface area is 161 Å². The van der Waals surface area contributed by atoms with Gasteiger partial charge in [0.2, 0.25) is 5.91 Å². The van der Waals surface area contributed by atoms with Crippen LogP contribution in [0.5, 0.6) is 5.75 Å². The summed E-state index contributed by atoms with van der Waals surface area (Å²) in [5, 5.41) is 9.40. The molecule has 1 amide bonds. The van der Waals surface area contributed by atoms with E-state index in [1.54, 1.807) is 24.3 Å². The molecule has 0 aliphatic carbocycles.